The van der Waals surface area contributed by atoms with Crippen molar-refractivity contribution in [1.82, 2.24) is 5.32 Å². The Balaban J connectivity index is 2.17. The summed E-state index contributed by atoms with van der Waals surface area (Å²) in [4.78, 5) is 0. The lowest BCUT2D eigenvalue weighted by Gasteiger charge is -2.29. The Bertz CT molecular complexity index is 159. The predicted molar refractivity (Wildman–Crippen MR) is 71.6 cm³/mol. The maximum Gasteiger partial charge on any atom is 0.00776 e. The Morgan fingerprint density at radius 3 is 2.80 bits per heavy atom. The van der Waals surface area contributed by atoms with Crippen molar-refractivity contribution in [2.45, 2.75) is 64.2 Å². The van der Waals surface area contributed by atoms with Crippen LogP contribution in [0.25, 0.3) is 0 Å². The second-order valence-corrected chi connectivity index (χ2v) is 6.50. The largest absolute Gasteiger partial charge is 0.314 e. The van der Waals surface area contributed by atoms with E-state index in [2.05, 4.69) is 37.8 Å². The van der Waals surface area contributed by atoms with Gasteiger partial charge < -0.3 is 5.32 Å². The van der Waals surface area contributed by atoms with Crippen molar-refractivity contribution in [3.05, 3.63) is 0 Å². The zero-order chi connectivity index (χ0) is 11.1. The van der Waals surface area contributed by atoms with Crippen LogP contribution < -0.4 is 5.32 Å². The van der Waals surface area contributed by atoms with Gasteiger partial charge in [-0.25, -0.2) is 0 Å². The number of thioether (sulfide) groups is 1. The Morgan fingerprint density at radius 1 is 1.33 bits per heavy atom. The van der Waals surface area contributed by atoms with Crippen LogP contribution in [0.5, 0.6) is 0 Å². The minimum Gasteiger partial charge on any atom is -0.314 e. The first-order valence-corrected chi connectivity index (χ1v) is 7.62. The van der Waals surface area contributed by atoms with Crippen LogP contribution in [0, 0.1) is 5.92 Å². The first-order valence-electron chi connectivity index (χ1n) is 6.57. The van der Waals surface area contributed by atoms with Crippen LogP contribution in [0.4, 0.5) is 0 Å². The molecule has 1 aliphatic carbocycles. The van der Waals surface area contributed by atoms with Gasteiger partial charge in [-0.05, 0) is 43.9 Å². The van der Waals surface area contributed by atoms with Gasteiger partial charge in [0.15, 0.2) is 0 Å². The summed E-state index contributed by atoms with van der Waals surface area (Å²) < 4.78 is 0. The molecule has 1 N–H and O–H groups in total. The average molecular weight is 229 g/mol. The Morgan fingerprint density at radius 2 is 2.13 bits per heavy atom. The first kappa shape index (κ1) is 13.4. The molecule has 0 heterocycles. The SMILES string of the molecule is CCCNC1CCCC(SCC(C)C)C1. The lowest BCUT2D eigenvalue weighted by molar-refractivity contribution is 0.381. The molecule has 0 aliphatic heterocycles. The topological polar surface area (TPSA) is 12.0 Å². The molecular formula is C13H27NS. The zero-order valence-corrected chi connectivity index (χ0v) is 11.4. The highest BCUT2D eigenvalue weighted by Crippen LogP contribution is 2.29. The van der Waals surface area contributed by atoms with Crippen LogP contribution in [-0.4, -0.2) is 23.6 Å². The smallest absolute Gasteiger partial charge is 0.00776 e. The molecule has 0 bridgehead atoms. The number of nitrogens with one attached hydrogen (secondary N) is 1. The molecule has 2 atom stereocenters. The molecule has 0 saturated heterocycles. The van der Waals surface area contributed by atoms with Crippen LogP contribution in [0.15, 0.2) is 0 Å². The summed E-state index contributed by atoms with van der Waals surface area (Å²) in [5.41, 5.74) is 0. The lowest BCUT2D eigenvalue weighted by atomic mass is 9.95. The Kier molecular flexibility index (Phi) is 6.74. The highest BCUT2D eigenvalue weighted by Gasteiger charge is 2.21. The van der Waals surface area contributed by atoms with Crippen LogP contribution >= 0.6 is 11.8 Å². The van der Waals surface area contributed by atoms with Gasteiger partial charge in [-0.3, -0.25) is 0 Å². The van der Waals surface area contributed by atoms with E-state index in [1.54, 1.807) is 0 Å². The third-order valence-corrected chi connectivity index (χ3v) is 4.73. The molecule has 2 heteroatoms. The average Bonchev–Trinajstić information content (AvgIpc) is 2.24. The summed E-state index contributed by atoms with van der Waals surface area (Å²) in [6.45, 7) is 8.10. The summed E-state index contributed by atoms with van der Waals surface area (Å²) in [7, 11) is 0. The molecule has 15 heavy (non-hydrogen) atoms. The fourth-order valence-electron chi connectivity index (χ4n) is 2.16. The van der Waals surface area contributed by atoms with Gasteiger partial charge >= 0.3 is 0 Å². The van der Waals surface area contributed by atoms with Gasteiger partial charge in [0.1, 0.15) is 0 Å². The third-order valence-electron chi connectivity index (χ3n) is 2.97. The van der Waals surface area contributed by atoms with Crippen molar-refractivity contribution < 1.29 is 0 Å². The summed E-state index contributed by atoms with van der Waals surface area (Å²) in [6, 6.07) is 0.809. The van der Waals surface area contributed by atoms with Gasteiger partial charge in [0.25, 0.3) is 0 Å². The van der Waals surface area contributed by atoms with E-state index < -0.39 is 0 Å². The molecule has 1 rings (SSSR count). The lowest BCUT2D eigenvalue weighted by Crippen LogP contribution is -2.35. The molecule has 0 aromatic carbocycles. The second kappa shape index (κ2) is 7.56. The van der Waals surface area contributed by atoms with Gasteiger partial charge in [0.05, 0.1) is 0 Å². The van der Waals surface area contributed by atoms with Crippen molar-refractivity contribution in [2.75, 3.05) is 12.3 Å². The minimum absolute atomic E-state index is 0.809. The van der Waals surface area contributed by atoms with E-state index in [4.69, 9.17) is 0 Å². The Labute approximate surface area is 99.8 Å². The Hall–Kier alpha value is 0.310. The van der Waals surface area contributed by atoms with E-state index in [0.29, 0.717) is 0 Å². The van der Waals surface area contributed by atoms with Gasteiger partial charge in [-0.2, -0.15) is 11.8 Å². The van der Waals surface area contributed by atoms with E-state index in [1.165, 1.54) is 44.4 Å². The molecule has 90 valence electrons. The molecule has 0 aromatic heterocycles. The number of rotatable bonds is 6. The molecule has 1 aliphatic rings. The monoisotopic (exact) mass is 229 g/mol. The highest BCUT2D eigenvalue weighted by atomic mass is 32.2. The van der Waals surface area contributed by atoms with Gasteiger partial charge in [-0.15, -0.1) is 0 Å². The van der Waals surface area contributed by atoms with Gasteiger partial charge in [0.2, 0.25) is 0 Å². The normalized spacial score (nSPS) is 27.2. The molecule has 1 nitrogen and oxygen atoms in total. The maximum absolute atomic E-state index is 3.68. The molecule has 0 spiro atoms. The molecule has 1 saturated carbocycles. The van der Waals surface area contributed by atoms with Crippen molar-refractivity contribution in [3.8, 4) is 0 Å². The quantitative estimate of drug-likeness (QED) is 0.745. The first-order chi connectivity index (χ1) is 7.22. The minimum atomic E-state index is 0.809. The zero-order valence-electron chi connectivity index (χ0n) is 10.6. The van der Waals surface area contributed by atoms with E-state index in [1.807, 2.05) is 0 Å². The molecule has 0 amide bonds. The van der Waals surface area contributed by atoms with Crippen LogP contribution in [0.2, 0.25) is 0 Å². The van der Waals surface area contributed by atoms with Crippen LogP contribution in [0.1, 0.15) is 52.9 Å². The molecule has 2 unspecified atom stereocenters. The van der Waals surface area contributed by atoms with E-state index in [9.17, 15) is 0 Å². The number of hydrogen-bond donors (Lipinski definition) is 1. The fourth-order valence-corrected chi connectivity index (χ4v) is 3.52. The predicted octanol–water partition coefficient (Wildman–Crippen LogP) is 3.69. The van der Waals surface area contributed by atoms with Gasteiger partial charge in [-0.1, -0.05) is 27.2 Å². The van der Waals surface area contributed by atoms with Crippen molar-refractivity contribution in [2.24, 2.45) is 5.92 Å². The summed E-state index contributed by atoms with van der Waals surface area (Å²) in [6.07, 6.45) is 6.94. The fraction of sp³-hybridized carbons (Fsp3) is 1.00. The number of hydrogen-bond acceptors (Lipinski definition) is 2. The van der Waals surface area contributed by atoms with Crippen molar-refractivity contribution >= 4 is 11.8 Å². The molecular weight excluding hydrogens is 202 g/mol. The van der Waals surface area contributed by atoms with Crippen LogP contribution in [-0.2, 0) is 0 Å². The molecule has 0 radical (unpaired) electrons. The van der Waals surface area contributed by atoms with E-state index in [-0.39, 0.29) is 0 Å². The van der Waals surface area contributed by atoms with Crippen molar-refractivity contribution in [3.63, 3.8) is 0 Å². The van der Waals surface area contributed by atoms with Crippen LogP contribution in [0.3, 0.4) is 0 Å². The molecule has 1 fully saturated rings. The molecule has 0 aromatic rings. The summed E-state index contributed by atoms with van der Waals surface area (Å²) in [5.74, 6) is 2.18. The second-order valence-electron chi connectivity index (χ2n) is 5.17. The van der Waals surface area contributed by atoms with Gasteiger partial charge in [0, 0.05) is 11.3 Å². The standard InChI is InChI=1S/C13H27NS/c1-4-8-14-12-6-5-7-13(9-12)15-10-11(2)3/h11-14H,4-10H2,1-3H3. The highest BCUT2D eigenvalue weighted by molar-refractivity contribution is 7.99. The van der Waals surface area contributed by atoms with E-state index >= 15 is 0 Å². The third kappa shape index (κ3) is 5.82. The van der Waals surface area contributed by atoms with E-state index in [0.717, 1.165) is 17.2 Å². The van der Waals surface area contributed by atoms with Crippen molar-refractivity contribution in [1.29, 1.82) is 0 Å². The summed E-state index contributed by atoms with van der Waals surface area (Å²) in [5, 5.41) is 4.60. The summed E-state index contributed by atoms with van der Waals surface area (Å²) >= 11 is 2.20. The maximum atomic E-state index is 3.68.